The maximum atomic E-state index is 4.86. The summed E-state index contributed by atoms with van der Waals surface area (Å²) >= 11 is 1.84. The van der Waals surface area contributed by atoms with Crippen molar-refractivity contribution in [1.29, 1.82) is 0 Å². The molecule has 0 amide bonds. The molecule has 1 N–H and O–H groups in total. The topological polar surface area (TPSA) is 46.0 Å². The van der Waals surface area contributed by atoms with E-state index in [-0.39, 0.29) is 0 Å². The summed E-state index contributed by atoms with van der Waals surface area (Å²) in [5.41, 5.74) is 2.48. The molecule has 0 saturated heterocycles. The van der Waals surface area contributed by atoms with E-state index in [1.54, 1.807) is 0 Å². The second kappa shape index (κ2) is 5.54. The molecule has 0 saturated carbocycles. The lowest BCUT2D eigenvalue weighted by molar-refractivity contribution is 0.490. The Morgan fingerprint density at radius 1 is 1.55 bits per heavy atom. The highest BCUT2D eigenvalue weighted by Gasteiger charge is 2.24. The zero-order valence-corrected chi connectivity index (χ0v) is 13.1. The highest BCUT2D eigenvalue weighted by atomic mass is 32.1. The van der Waals surface area contributed by atoms with Gasteiger partial charge in [-0.1, -0.05) is 0 Å². The number of hydrogen-bond donors (Lipinski definition) is 1. The third kappa shape index (κ3) is 2.58. The Morgan fingerprint density at radius 2 is 2.40 bits per heavy atom. The number of thiazole rings is 1. The van der Waals surface area contributed by atoms with Gasteiger partial charge in [0.05, 0.1) is 17.9 Å². The summed E-state index contributed by atoms with van der Waals surface area (Å²) in [6, 6.07) is 0.426. The molecular formula is C14H21N5S. The van der Waals surface area contributed by atoms with Crippen LogP contribution in [0.4, 0.5) is 5.13 Å². The Labute approximate surface area is 123 Å². The van der Waals surface area contributed by atoms with E-state index in [2.05, 4.69) is 28.6 Å². The minimum Gasteiger partial charge on any atom is -0.347 e. The Morgan fingerprint density at radius 3 is 3.10 bits per heavy atom. The molecule has 0 spiro atoms. The fourth-order valence-electron chi connectivity index (χ4n) is 2.74. The van der Waals surface area contributed by atoms with Crippen LogP contribution in [-0.2, 0) is 20.0 Å². The molecule has 0 bridgehead atoms. The van der Waals surface area contributed by atoms with Gasteiger partial charge in [0.25, 0.3) is 0 Å². The van der Waals surface area contributed by atoms with Crippen LogP contribution in [-0.4, -0.2) is 28.9 Å². The second-order valence-electron chi connectivity index (χ2n) is 5.42. The van der Waals surface area contributed by atoms with E-state index in [0.29, 0.717) is 6.04 Å². The van der Waals surface area contributed by atoms with E-state index >= 15 is 0 Å². The fourth-order valence-corrected chi connectivity index (χ4v) is 3.87. The Bertz CT molecular complexity index is 588. The number of hydrogen-bond acceptors (Lipinski definition) is 5. The van der Waals surface area contributed by atoms with Gasteiger partial charge in [-0.2, -0.15) is 5.10 Å². The number of nitrogens with zero attached hydrogens (tertiary/aromatic N) is 4. The molecule has 1 aliphatic rings. The van der Waals surface area contributed by atoms with Gasteiger partial charge in [-0.05, 0) is 26.3 Å². The first-order valence-electron chi connectivity index (χ1n) is 7.03. The van der Waals surface area contributed by atoms with Crippen molar-refractivity contribution >= 4 is 16.5 Å². The Hall–Kier alpha value is -1.40. The third-order valence-corrected chi connectivity index (χ3v) is 5.04. The number of aromatic nitrogens is 3. The van der Waals surface area contributed by atoms with E-state index < -0.39 is 0 Å². The molecular weight excluding hydrogens is 270 g/mol. The van der Waals surface area contributed by atoms with Gasteiger partial charge in [-0.25, -0.2) is 4.98 Å². The molecule has 0 aromatic carbocycles. The van der Waals surface area contributed by atoms with Crippen LogP contribution >= 0.6 is 11.3 Å². The predicted molar refractivity (Wildman–Crippen MR) is 82.2 cm³/mol. The molecule has 0 fully saturated rings. The summed E-state index contributed by atoms with van der Waals surface area (Å²) in [5.74, 6) is 0. The average Bonchev–Trinajstić information content (AvgIpc) is 3.04. The summed E-state index contributed by atoms with van der Waals surface area (Å²) < 4.78 is 1.84. The van der Waals surface area contributed by atoms with Crippen molar-refractivity contribution in [3.63, 3.8) is 0 Å². The monoisotopic (exact) mass is 291 g/mol. The molecule has 20 heavy (non-hydrogen) atoms. The van der Waals surface area contributed by atoms with E-state index in [0.717, 1.165) is 11.7 Å². The van der Waals surface area contributed by atoms with Crippen molar-refractivity contribution < 1.29 is 0 Å². The minimum atomic E-state index is 0.426. The second-order valence-corrected chi connectivity index (χ2v) is 6.48. The Balaban J connectivity index is 1.78. The normalized spacial score (nSPS) is 18.1. The van der Waals surface area contributed by atoms with Gasteiger partial charge in [-0.3, -0.25) is 4.68 Å². The quantitative estimate of drug-likeness (QED) is 0.937. The van der Waals surface area contributed by atoms with Crippen LogP contribution < -0.4 is 10.2 Å². The lowest BCUT2D eigenvalue weighted by atomic mass is 9.98. The summed E-state index contributed by atoms with van der Waals surface area (Å²) in [6.07, 6.45) is 7.60. The fraction of sp³-hybridized carbons (Fsp3) is 0.571. The van der Waals surface area contributed by atoms with Crippen LogP contribution in [0, 0.1) is 0 Å². The molecule has 2 aromatic heterocycles. The highest BCUT2D eigenvalue weighted by Crippen LogP contribution is 2.36. The zero-order chi connectivity index (χ0) is 14.1. The minimum absolute atomic E-state index is 0.426. The van der Waals surface area contributed by atoms with Gasteiger partial charge in [0.2, 0.25) is 0 Å². The number of fused-ring (bicyclic) bond motifs is 1. The average molecular weight is 291 g/mol. The maximum Gasteiger partial charge on any atom is 0.185 e. The predicted octanol–water partition coefficient (Wildman–Crippen LogP) is 2.11. The van der Waals surface area contributed by atoms with Gasteiger partial charge in [-0.15, -0.1) is 11.3 Å². The molecule has 1 atom stereocenters. The van der Waals surface area contributed by atoms with E-state index in [1.165, 1.54) is 35.4 Å². The number of aryl methyl sites for hydroxylation is 2. The van der Waals surface area contributed by atoms with Crippen molar-refractivity contribution in [2.24, 2.45) is 7.05 Å². The number of nitrogens with one attached hydrogen (secondary N) is 1. The Kier molecular flexibility index (Phi) is 3.76. The molecule has 108 valence electrons. The lowest BCUT2D eigenvalue weighted by Crippen LogP contribution is -2.21. The zero-order valence-electron chi connectivity index (χ0n) is 12.3. The van der Waals surface area contributed by atoms with Crippen LogP contribution in [0.3, 0.4) is 0 Å². The SMILES string of the molecule is CNC1CCCc2sc(N(C)Cc3cnn(C)c3)nc21. The van der Waals surface area contributed by atoms with Crippen LogP contribution in [0.25, 0.3) is 0 Å². The summed E-state index contributed by atoms with van der Waals surface area (Å²) in [5, 5.41) is 8.71. The van der Waals surface area contributed by atoms with Gasteiger partial charge in [0, 0.05) is 37.3 Å². The van der Waals surface area contributed by atoms with Crippen LogP contribution in [0.15, 0.2) is 12.4 Å². The molecule has 5 nitrogen and oxygen atoms in total. The third-order valence-electron chi connectivity index (χ3n) is 3.80. The van der Waals surface area contributed by atoms with Crippen LogP contribution in [0.2, 0.25) is 0 Å². The molecule has 0 aliphatic heterocycles. The molecule has 1 aliphatic carbocycles. The first-order valence-corrected chi connectivity index (χ1v) is 7.84. The molecule has 2 aromatic rings. The summed E-state index contributed by atoms with van der Waals surface area (Å²) in [6.45, 7) is 0.852. The molecule has 2 heterocycles. The van der Waals surface area contributed by atoms with Gasteiger partial charge in [0.1, 0.15) is 0 Å². The first-order chi connectivity index (χ1) is 9.67. The summed E-state index contributed by atoms with van der Waals surface area (Å²) in [7, 11) is 6.08. The van der Waals surface area contributed by atoms with Crippen molar-refractivity contribution in [2.45, 2.75) is 31.8 Å². The molecule has 1 unspecified atom stereocenters. The molecule has 6 heteroatoms. The number of rotatable bonds is 4. The van der Waals surface area contributed by atoms with E-state index in [1.807, 2.05) is 36.3 Å². The number of anilines is 1. The van der Waals surface area contributed by atoms with Gasteiger partial charge < -0.3 is 10.2 Å². The van der Waals surface area contributed by atoms with Crippen molar-refractivity contribution in [1.82, 2.24) is 20.1 Å². The maximum absolute atomic E-state index is 4.86. The molecule has 0 radical (unpaired) electrons. The first kappa shape index (κ1) is 13.6. The highest BCUT2D eigenvalue weighted by molar-refractivity contribution is 7.15. The van der Waals surface area contributed by atoms with Gasteiger partial charge in [0.15, 0.2) is 5.13 Å². The van der Waals surface area contributed by atoms with Gasteiger partial charge >= 0.3 is 0 Å². The molecule has 3 rings (SSSR count). The van der Waals surface area contributed by atoms with Crippen molar-refractivity contribution in [3.05, 3.63) is 28.5 Å². The van der Waals surface area contributed by atoms with Crippen LogP contribution in [0.5, 0.6) is 0 Å². The standard InChI is InChI=1S/C14H21N5S/c1-15-11-5-4-6-12-13(11)17-14(20-12)18(2)8-10-7-16-19(3)9-10/h7,9,11,15H,4-6,8H2,1-3H3. The van der Waals surface area contributed by atoms with Crippen molar-refractivity contribution in [3.8, 4) is 0 Å². The largest absolute Gasteiger partial charge is 0.347 e. The van der Waals surface area contributed by atoms with E-state index in [4.69, 9.17) is 4.98 Å². The smallest absolute Gasteiger partial charge is 0.185 e. The van der Waals surface area contributed by atoms with E-state index in [9.17, 15) is 0 Å². The lowest BCUT2D eigenvalue weighted by Gasteiger charge is -2.19. The van der Waals surface area contributed by atoms with Crippen LogP contribution in [0.1, 0.15) is 35.0 Å². The van der Waals surface area contributed by atoms with Crippen molar-refractivity contribution in [2.75, 3.05) is 19.0 Å². The summed E-state index contributed by atoms with van der Waals surface area (Å²) in [4.78, 5) is 8.52.